The highest BCUT2D eigenvalue weighted by Crippen LogP contribution is 2.21. The summed E-state index contributed by atoms with van der Waals surface area (Å²) in [6.07, 6.45) is 2.17. The first-order valence-corrected chi connectivity index (χ1v) is 5.54. The number of amides is 1. The number of carbonyl (C=O) groups excluding carboxylic acids is 1. The van der Waals surface area contributed by atoms with Crippen LogP contribution in [0.15, 0.2) is 10.8 Å². The number of carbonyl (C=O) groups is 1. The van der Waals surface area contributed by atoms with E-state index < -0.39 is 5.41 Å². The van der Waals surface area contributed by atoms with Crippen molar-refractivity contribution in [2.75, 3.05) is 5.32 Å². The van der Waals surface area contributed by atoms with E-state index >= 15 is 0 Å². The van der Waals surface area contributed by atoms with Gasteiger partial charge in [-0.2, -0.15) is 0 Å². The highest BCUT2D eigenvalue weighted by atomic mass is 16.4. The quantitative estimate of drug-likeness (QED) is 0.858. The second-order valence-electron chi connectivity index (χ2n) is 5.43. The molecule has 0 aliphatic heterocycles. The number of hydrogen-bond acceptors (Lipinski definition) is 3. The van der Waals surface area contributed by atoms with Gasteiger partial charge >= 0.3 is 0 Å². The topological polar surface area (TPSA) is 55.1 Å². The van der Waals surface area contributed by atoms with Crippen LogP contribution in [0.3, 0.4) is 0 Å². The molecular weight excluding hydrogens is 204 g/mol. The first-order valence-electron chi connectivity index (χ1n) is 5.54. The van der Waals surface area contributed by atoms with Crippen molar-refractivity contribution in [3.63, 3.8) is 0 Å². The van der Waals surface area contributed by atoms with Gasteiger partial charge < -0.3 is 4.42 Å². The Morgan fingerprint density at radius 2 is 2.12 bits per heavy atom. The van der Waals surface area contributed by atoms with Crippen LogP contribution in [0.1, 0.15) is 40.3 Å². The number of anilines is 1. The second-order valence-corrected chi connectivity index (χ2v) is 5.43. The Hall–Kier alpha value is -1.32. The largest absolute Gasteiger partial charge is 0.427 e. The van der Waals surface area contributed by atoms with E-state index in [4.69, 9.17) is 4.42 Å². The molecule has 1 amide bonds. The van der Waals surface area contributed by atoms with Crippen molar-refractivity contribution in [3.05, 3.63) is 12.1 Å². The van der Waals surface area contributed by atoms with E-state index in [1.165, 1.54) is 6.39 Å². The van der Waals surface area contributed by atoms with Gasteiger partial charge in [0.05, 0.1) is 0 Å². The molecule has 0 saturated heterocycles. The molecule has 1 N–H and O–H groups in total. The molecule has 1 aromatic heterocycles. The van der Waals surface area contributed by atoms with Gasteiger partial charge in [-0.05, 0) is 12.3 Å². The lowest BCUT2D eigenvalue weighted by molar-refractivity contribution is -0.123. The minimum Gasteiger partial charge on any atom is -0.427 e. The fourth-order valence-electron chi connectivity index (χ4n) is 1.19. The van der Waals surface area contributed by atoms with E-state index in [-0.39, 0.29) is 5.91 Å². The molecule has 90 valence electrons. The summed E-state index contributed by atoms with van der Waals surface area (Å²) in [7, 11) is 0. The third-order valence-corrected chi connectivity index (χ3v) is 2.15. The van der Waals surface area contributed by atoms with E-state index in [9.17, 15) is 4.79 Å². The van der Waals surface area contributed by atoms with Gasteiger partial charge in [0, 0.05) is 5.41 Å². The number of oxazole rings is 1. The first kappa shape index (κ1) is 12.7. The molecule has 4 nitrogen and oxygen atoms in total. The minimum absolute atomic E-state index is 0.0609. The molecule has 0 aromatic carbocycles. The van der Waals surface area contributed by atoms with Crippen LogP contribution >= 0.6 is 0 Å². The number of aromatic nitrogens is 1. The maximum Gasteiger partial charge on any atom is 0.232 e. The van der Waals surface area contributed by atoms with Crippen LogP contribution in [0, 0.1) is 11.3 Å². The molecule has 1 rings (SSSR count). The summed E-state index contributed by atoms with van der Waals surface area (Å²) in [6, 6.07) is 0. The summed E-state index contributed by atoms with van der Waals surface area (Å²) < 4.78 is 5.19. The summed E-state index contributed by atoms with van der Waals surface area (Å²) in [5, 5.41) is 2.77. The van der Waals surface area contributed by atoms with Crippen molar-refractivity contribution >= 4 is 11.8 Å². The van der Waals surface area contributed by atoms with Crippen LogP contribution in [0.25, 0.3) is 0 Å². The molecule has 0 aliphatic carbocycles. The van der Waals surface area contributed by atoms with Crippen LogP contribution in [-0.4, -0.2) is 10.9 Å². The van der Waals surface area contributed by atoms with E-state index in [2.05, 4.69) is 24.1 Å². The molecule has 16 heavy (non-hydrogen) atoms. The molecule has 0 saturated carbocycles. The van der Waals surface area contributed by atoms with Crippen LogP contribution < -0.4 is 5.32 Å². The Bertz CT molecular complexity index is 361. The van der Waals surface area contributed by atoms with Gasteiger partial charge in [-0.1, -0.05) is 34.6 Å². The summed E-state index contributed by atoms with van der Waals surface area (Å²) >= 11 is 0. The summed E-state index contributed by atoms with van der Waals surface area (Å²) in [5.41, 5.74) is 0.384. The Kier molecular flexibility index (Phi) is 3.73. The van der Waals surface area contributed by atoms with Crippen LogP contribution in [0.2, 0.25) is 0 Å². The fourth-order valence-corrected chi connectivity index (χ4v) is 1.19. The summed E-state index contributed by atoms with van der Waals surface area (Å²) in [4.78, 5) is 15.9. The molecule has 0 bridgehead atoms. The Labute approximate surface area is 96.4 Å². The maximum absolute atomic E-state index is 11.8. The van der Waals surface area contributed by atoms with E-state index in [1.807, 2.05) is 20.8 Å². The minimum atomic E-state index is -0.429. The Morgan fingerprint density at radius 1 is 1.50 bits per heavy atom. The number of nitrogens with zero attached hydrogens (tertiary/aromatic N) is 1. The molecule has 0 radical (unpaired) electrons. The average Bonchev–Trinajstić information content (AvgIpc) is 2.50. The smallest absolute Gasteiger partial charge is 0.232 e. The molecule has 1 aromatic rings. The number of nitrogens with one attached hydrogen (secondary N) is 1. The van der Waals surface area contributed by atoms with Crippen molar-refractivity contribution in [1.29, 1.82) is 0 Å². The van der Waals surface area contributed by atoms with E-state index in [0.717, 1.165) is 12.1 Å². The Balaban J connectivity index is 2.74. The van der Waals surface area contributed by atoms with Crippen molar-refractivity contribution in [2.24, 2.45) is 11.3 Å². The van der Waals surface area contributed by atoms with Crippen molar-refractivity contribution in [2.45, 2.75) is 41.0 Å². The third-order valence-electron chi connectivity index (χ3n) is 2.15. The monoisotopic (exact) mass is 224 g/mol. The Morgan fingerprint density at radius 3 is 2.62 bits per heavy atom. The molecule has 1 heterocycles. The molecule has 0 spiro atoms. The first-order chi connectivity index (χ1) is 7.30. The molecule has 0 atom stereocenters. The molecule has 0 aliphatic rings. The maximum atomic E-state index is 11.8. The second kappa shape index (κ2) is 4.68. The van der Waals surface area contributed by atoms with Crippen LogP contribution in [0.5, 0.6) is 0 Å². The van der Waals surface area contributed by atoms with Gasteiger partial charge in [-0.3, -0.25) is 10.1 Å². The predicted molar refractivity (Wildman–Crippen MR) is 63.1 cm³/mol. The zero-order valence-corrected chi connectivity index (χ0v) is 10.6. The predicted octanol–water partition coefficient (Wildman–Crippen LogP) is 2.86. The van der Waals surface area contributed by atoms with E-state index in [0.29, 0.717) is 11.8 Å². The zero-order valence-electron chi connectivity index (χ0n) is 10.6. The number of rotatable bonds is 3. The van der Waals surface area contributed by atoms with Crippen LogP contribution in [0.4, 0.5) is 5.88 Å². The highest BCUT2D eigenvalue weighted by molar-refractivity contribution is 5.93. The molecule has 4 heteroatoms. The van der Waals surface area contributed by atoms with Crippen LogP contribution in [-0.2, 0) is 11.2 Å². The van der Waals surface area contributed by atoms with Gasteiger partial charge in [-0.25, -0.2) is 4.98 Å². The molecule has 0 fully saturated rings. The van der Waals surface area contributed by atoms with Crippen molar-refractivity contribution in [3.8, 4) is 0 Å². The fraction of sp³-hybridized carbons (Fsp3) is 0.667. The van der Waals surface area contributed by atoms with Gasteiger partial charge in [0.25, 0.3) is 0 Å². The average molecular weight is 224 g/mol. The number of hydrogen-bond donors (Lipinski definition) is 1. The lowest BCUT2D eigenvalue weighted by atomic mass is 9.96. The van der Waals surface area contributed by atoms with Gasteiger partial charge in [0.1, 0.15) is 5.69 Å². The summed E-state index contributed by atoms with van der Waals surface area (Å²) in [6.45, 7) is 9.79. The SMILES string of the molecule is CC(C)Cc1ncoc1NC(=O)C(C)(C)C. The third kappa shape index (κ3) is 3.36. The summed E-state index contributed by atoms with van der Waals surface area (Å²) in [5.74, 6) is 0.901. The van der Waals surface area contributed by atoms with E-state index in [1.54, 1.807) is 0 Å². The molecular formula is C12H20N2O2. The lowest BCUT2D eigenvalue weighted by Crippen LogP contribution is -2.27. The van der Waals surface area contributed by atoms with Crippen molar-refractivity contribution in [1.82, 2.24) is 4.98 Å². The lowest BCUT2D eigenvalue weighted by Gasteiger charge is -2.16. The van der Waals surface area contributed by atoms with Gasteiger partial charge in [0.15, 0.2) is 6.39 Å². The molecule has 0 unspecified atom stereocenters. The van der Waals surface area contributed by atoms with Gasteiger partial charge in [0.2, 0.25) is 11.8 Å². The van der Waals surface area contributed by atoms with Crippen molar-refractivity contribution < 1.29 is 9.21 Å². The standard InChI is InChI=1S/C12H20N2O2/c1-8(2)6-9-10(16-7-13-9)14-11(15)12(3,4)5/h7-8H,6H2,1-5H3,(H,14,15). The zero-order chi connectivity index (χ0) is 12.3. The normalized spacial score (nSPS) is 11.9. The van der Waals surface area contributed by atoms with Gasteiger partial charge in [-0.15, -0.1) is 0 Å². The highest BCUT2D eigenvalue weighted by Gasteiger charge is 2.23.